The smallest absolute Gasteiger partial charge is 0.244 e. The summed E-state index contributed by atoms with van der Waals surface area (Å²) in [6, 6.07) is 14.8. The van der Waals surface area contributed by atoms with E-state index in [1.54, 1.807) is 18.2 Å². The number of hydrogen-bond acceptors (Lipinski definition) is 6. The van der Waals surface area contributed by atoms with Crippen LogP contribution >= 0.6 is 24.0 Å². The van der Waals surface area contributed by atoms with Gasteiger partial charge in [-0.25, -0.2) is 8.42 Å². The SMILES string of the molecule is O=S1(=O)NC2CCCN2c2ccc(OC(=S)Sc3ccccc3)cc21. The van der Waals surface area contributed by atoms with Gasteiger partial charge in [0.05, 0.1) is 11.9 Å². The van der Waals surface area contributed by atoms with E-state index in [-0.39, 0.29) is 11.1 Å². The molecular formula is C17H16N2O3S3. The Morgan fingerprint density at radius 1 is 1.24 bits per heavy atom. The highest BCUT2D eigenvalue weighted by atomic mass is 32.2. The highest BCUT2D eigenvalue weighted by molar-refractivity contribution is 8.22. The van der Waals surface area contributed by atoms with E-state index in [0.29, 0.717) is 10.1 Å². The van der Waals surface area contributed by atoms with Crippen LogP contribution in [0, 0.1) is 0 Å². The van der Waals surface area contributed by atoms with Gasteiger partial charge < -0.3 is 9.64 Å². The van der Waals surface area contributed by atoms with Crippen molar-refractivity contribution in [1.82, 2.24) is 4.72 Å². The average Bonchev–Trinajstić information content (AvgIpc) is 3.03. The second-order valence-electron chi connectivity index (χ2n) is 5.87. The lowest BCUT2D eigenvalue weighted by atomic mass is 10.2. The molecule has 0 amide bonds. The summed E-state index contributed by atoms with van der Waals surface area (Å²) in [5, 5.41) is 0. The highest BCUT2D eigenvalue weighted by Gasteiger charge is 2.37. The number of hydrogen-bond donors (Lipinski definition) is 1. The van der Waals surface area contributed by atoms with Crippen LogP contribution in [0.5, 0.6) is 5.75 Å². The van der Waals surface area contributed by atoms with Crippen molar-refractivity contribution in [2.75, 3.05) is 11.4 Å². The van der Waals surface area contributed by atoms with E-state index in [0.717, 1.165) is 30.0 Å². The van der Waals surface area contributed by atoms with Crippen molar-refractivity contribution in [3.63, 3.8) is 0 Å². The molecule has 2 aromatic rings. The number of benzene rings is 2. The van der Waals surface area contributed by atoms with Gasteiger partial charge in [-0.05, 0) is 61.1 Å². The molecule has 0 saturated carbocycles. The minimum Gasteiger partial charge on any atom is -0.439 e. The van der Waals surface area contributed by atoms with Gasteiger partial charge in [-0.3, -0.25) is 0 Å². The molecule has 0 bridgehead atoms. The zero-order valence-corrected chi connectivity index (χ0v) is 15.7. The van der Waals surface area contributed by atoms with Crippen LogP contribution in [-0.2, 0) is 10.0 Å². The van der Waals surface area contributed by atoms with Gasteiger partial charge in [0.15, 0.2) is 0 Å². The average molecular weight is 393 g/mol. The van der Waals surface area contributed by atoms with Crippen molar-refractivity contribution in [3.8, 4) is 5.75 Å². The summed E-state index contributed by atoms with van der Waals surface area (Å²) < 4.78 is 33.8. The molecule has 1 fully saturated rings. The molecule has 1 N–H and O–H groups in total. The molecule has 2 aliphatic rings. The second kappa shape index (κ2) is 6.60. The molecule has 4 rings (SSSR count). The van der Waals surface area contributed by atoms with Gasteiger partial charge in [-0.15, -0.1) is 0 Å². The number of sulfonamides is 1. The van der Waals surface area contributed by atoms with Gasteiger partial charge >= 0.3 is 0 Å². The van der Waals surface area contributed by atoms with Gasteiger partial charge in [0.1, 0.15) is 10.6 Å². The third-order valence-corrected chi connectivity index (χ3v) is 6.80. The quantitative estimate of drug-likeness (QED) is 0.625. The van der Waals surface area contributed by atoms with Crippen molar-refractivity contribution in [3.05, 3.63) is 48.5 Å². The monoisotopic (exact) mass is 392 g/mol. The normalized spacial score (nSPS) is 20.6. The summed E-state index contributed by atoms with van der Waals surface area (Å²) in [6.45, 7) is 0.850. The maximum Gasteiger partial charge on any atom is 0.244 e. The van der Waals surface area contributed by atoms with Gasteiger partial charge in [0.25, 0.3) is 0 Å². The molecule has 2 aromatic carbocycles. The molecule has 1 atom stereocenters. The summed E-state index contributed by atoms with van der Waals surface area (Å²) in [5.41, 5.74) is 0.732. The Balaban J connectivity index is 1.58. The first-order valence-corrected chi connectivity index (χ1v) is 10.6. The van der Waals surface area contributed by atoms with Crippen molar-refractivity contribution in [1.29, 1.82) is 0 Å². The van der Waals surface area contributed by atoms with Crippen molar-refractivity contribution in [2.45, 2.75) is 28.8 Å². The number of ether oxygens (including phenoxy) is 1. The van der Waals surface area contributed by atoms with Crippen LogP contribution in [0.25, 0.3) is 0 Å². The van der Waals surface area contributed by atoms with Gasteiger partial charge in [0.2, 0.25) is 14.4 Å². The number of thiocarbonyl (C=S) groups is 1. The topological polar surface area (TPSA) is 58.6 Å². The predicted octanol–water partition coefficient (Wildman–Crippen LogP) is 3.36. The zero-order valence-electron chi connectivity index (χ0n) is 13.2. The van der Waals surface area contributed by atoms with Crippen LogP contribution in [0.15, 0.2) is 58.3 Å². The summed E-state index contributed by atoms with van der Waals surface area (Å²) in [4.78, 5) is 3.31. The number of nitrogens with one attached hydrogen (secondary N) is 1. The van der Waals surface area contributed by atoms with Crippen LogP contribution in [0.4, 0.5) is 5.69 Å². The number of fused-ring (bicyclic) bond motifs is 3. The maximum absolute atomic E-state index is 12.5. The Morgan fingerprint density at radius 2 is 2.04 bits per heavy atom. The van der Waals surface area contributed by atoms with Crippen LogP contribution in [0.1, 0.15) is 12.8 Å². The molecule has 2 heterocycles. The number of anilines is 1. The molecule has 8 heteroatoms. The summed E-state index contributed by atoms with van der Waals surface area (Å²) in [7, 11) is -3.54. The molecule has 0 aliphatic carbocycles. The van der Waals surface area contributed by atoms with Crippen LogP contribution in [0.2, 0.25) is 0 Å². The predicted molar refractivity (Wildman–Crippen MR) is 103 cm³/mol. The van der Waals surface area contributed by atoms with E-state index < -0.39 is 10.0 Å². The molecule has 1 unspecified atom stereocenters. The van der Waals surface area contributed by atoms with Crippen LogP contribution < -0.4 is 14.4 Å². The standard InChI is InChI=1S/C17H16N2O3S3/c20-25(21)15-11-12(22-17(23)24-13-5-2-1-3-6-13)8-9-14(15)19-10-4-7-16(19)18-25/h1-3,5-6,8-9,11,16,18H,4,7,10H2. The maximum atomic E-state index is 12.5. The molecule has 1 saturated heterocycles. The Bertz CT molecular complexity index is 916. The lowest BCUT2D eigenvalue weighted by Gasteiger charge is -2.33. The first kappa shape index (κ1) is 16.8. The van der Waals surface area contributed by atoms with Crippen molar-refractivity contribution < 1.29 is 13.2 Å². The number of nitrogens with zero attached hydrogens (tertiary/aromatic N) is 1. The van der Waals surface area contributed by atoms with Crippen molar-refractivity contribution in [2.24, 2.45) is 0 Å². The molecule has 0 radical (unpaired) electrons. The minimum atomic E-state index is -3.54. The third kappa shape index (κ3) is 3.39. The summed E-state index contributed by atoms with van der Waals surface area (Å²) in [5.74, 6) is 0.426. The zero-order chi connectivity index (χ0) is 17.4. The largest absolute Gasteiger partial charge is 0.439 e. The van der Waals surface area contributed by atoms with Gasteiger partial charge in [0, 0.05) is 17.5 Å². The van der Waals surface area contributed by atoms with E-state index in [9.17, 15) is 8.42 Å². The number of thioether (sulfide) groups is 1. The van der Waals surface area contributed by atoms with E-state index in [1.165, 1.54) is 11.8 Å². The van der Waals surface area contributed by atoms with Gasteiger partial charge in [-0.1, -0.05) is 18.2 Å². The Kier molecular flexibility index (Phi) is 4.45. The van der Waals surface area contributed by atoms with E-state index >= 15 is 0 Å². The fourth-order valence-corrected chi connectivity index (χ4v) is 5.60. The van der Waals surface area contributed by atoms with Crippen LogP contribution in [-0.4, -0.2) is 25.5 Å². The van der Waals surface area contributed by atoms with E-state index in [2.05, 4.69) is 9.62 Å². The number of rotatable bonds is 2. The highest BCUT2D eigenvalue weighted by Crippen LogP contribution is 2.37. The molecule has 5 nitrogen and oxygen atoms in total. The fraction of sp³-hybridized carbons (Fsp3) is 0.235. The summed E-state index contributed by atoms with van der Waals surface area (Å²) in [6.07, 6.45) is 1.66. The molecule has 0 aromatic heterocycles. The van der Waals surface area contributed by atoms with E-state index in [4.69, 9.17) is 17.0 Å². The first-order chi connectivity index (χ1) is 12.0. The molecular weight excluding hydrogens is 376 g/mol. The molecule has 0 spiro atoms. The molecule has 25 heavy (non-hydrogen) atoms. The second-order valence-corrected chi connectivity index (χ2v) is 9.23. The summed E-state index contributed by atoms with van der Waals surface area (Å²) >= 11 is 6.59. The van der Waals surface area contributed by atoms with Crippen LogP contribution in [0.3, 0.4) is 0 Å². The van der Waals surface area contributed by atoms with Crippen molar-refractivity contribution >= 4 is 44.1 Å². The van der Waals surface area contributed by atoms with E-state index in [1.807, 2.05) is 30.3 Å². The third-order valence-electron chi connectivity index (χ3n) is 4.22. The molecule has 2 aliphatic heterocycles. The Labute approximate surface area is 156 Å². The fourth-order valence-electron chi connectivity index (χ4n) is 3.13. The Hall–Kier alpha value is -1.61. The Morgan fingerprint density at radius 3 is 2.84 bits per heavy atom. The lowest BCUT2D eigenvalue weighted by Crippen LogP contribution is -2.48. The minimum absolute atomic E-state index is 0.140. The molecule has 130 valence electrons. The van der Waals surface area contributed by atoms with Gasteiger partial charge in [-0.2, -0.15) is 4.72 Å². The first-order valence-electron chi connectivity index (χ1n) is 7.91. The lowest BCUT2D eigenvalue weighted by molar-refractivity contribution is 0.536.